The molecule has 0 aromatic rings. The van der Waals surface area contributed by atoms with Gasteiger partial charge in [0.05, 0.1) is 0 Å². The average Bonchev–Trinajstić information content (AvgIpc) is 2.42. The minimum absolute atomic E-state index is 0.167. The second kappa shape index (κ2) is 8.62. The van der Waals surface area contributed by atoms with Crippen LogP contribution in [0.3, 0.4) is 0 Å². The Bertz CT molecular complexity index is 506. The van der Waals surface area contributed by atoms with Crippen LogP contribution in [0.1, 0.15) is 41.0 Å². The summed E-state index contributed by atoms with van der Waals surface area (Å²) in [7, 11) is 0. The fourth-order valence-electron chi connectivity index (χ4n) is 2.45. The van der Waals surface area contributed by atoms with Crippen LogP contribution in [0, 0.1) is 5.41 Å². The van der Waals surface area contributed by atoms with Crippen molar-refractivity contribution in [2.24, 2.45) is 0 Å². The Morgan fingerprint density at radius 2 is 1.29 bits per heavy atom. The van der Waals surface area contributed by atoms with Crippen LogP contribution in [0.15, 0.2) is 0 Å². The molecule has 1 N–H and O–H groups in total. The molecular formula is C15H23NO8. The summed E-state index contributed by atoms with van der Waals surface area (Å²) in [6.45, 7) is 6.74. The van der Waals surface area contributed by atoms with E-state index < -0.39 is 48.6 Å². The van der Waals surface area contributed by atoms with Crippen molar-refractivity contribution in [1.29, 1.82) is 5.41 Å². The van der Waals surface area contributed by atoms with Crippen molar-refractivity contribution in [3.63, 3.8) is 0 Å². The van der Waals surface area contributed by atoms with Crippen LogP contribution in [-0.4, -0.2) is 54.5 Å². The number of carbonyl (C=O) groups excluding carboxylic acids is 3. The van der Waals surface area contributed by atoms with E-state index in [1.807, 2.05) is 0 Å². The largest absolute Gasteiger partial charge is 0.456 e. The lowest BCUT2D eigenvalue weighted by molar-refractivity contribution is -0.287. The second-order valence-electron chi connectivity index (χ2n) is 5.35. The Labute approximate surface area is 140 Å². The zero-order chi connectivity index (χ0) is 18.4. The highest BCUT2D eigenvalue weighted by Gasteiger charge is 2.52. The monoisotopic (exact) mass is 345 g/mol. The summed E-state index contributed by atoms with van der Waals surface area (Å²) in [5, 5.41) is 7.46. The summed E-state index contributed by atoms with van der Waals surface area (Å²) < 4.78 is 26.6. The van der Waals surface area contributed by atoms with E-state index in [0.29, 0.717) is 6.42 Å². The maximum absolute atomic E-state index is 11.5. The molecule has 9 nitrogen and oxygen atoms in total. The lowest BCUT2D eigenvalue weighted by Gasteiger charge is -2.43. The van der Waals surface area contributed by atoms with Crippen molar-refractivity contribution in [1.82, 2.24) is 0 Å². The summed E-state index contributed by atoms with van der Waals surface area (Å²) in [6, 6.07) is 0. The molecule has 0 bridgehead atoms. The summed E-state index contributed by atoms with van der Waals surface area (Å²) in [6.07, 6.45) is -4.66. The number of rotatable bonds is 5. The number of nitrogens with one attached hydrogen (secondary N) is 1. The first-order valence-electron chi connectivity index (χ1n) is 7.54. The van der Waals surface area contributed by atoms with Gasteiger partial charge in [0.1, 0.15) is 6.10 Å². The molecule has 1 aliphatic heterocycles. The normalized spacial score (nSPS) is 29.3. The minimum Gasteiger partial charge on any atom is -0.456 e. The molecule has 0 aliphatic carbocycles. The van der Waals surface area contributed by atoms with Crippen LogP contribution >= 0.6 is 0 Å². The Morgan fingerprint density at radius 3 is 1.71 bits per heavy atom. The molecule has 136 valence electrons. The fourth-order valence-corrected chi connectivity index (χ4v) is 2.45. The van der Waals surface area contributed by atoms with Crippen LogP contribution in [0.5, 0.6) is 0 Å². The molecule has 0 spiro atoms. The molecule has 24 heavy (non-hydrogen) atoms. The highest BCUT2D eigenvalue weighted by molar-refractivity contribution is 5.70. The van der Waals surface area contributed by atoms with E-state index >= 15 is 0 Å². The van der Waals surface area contributed by atoms with Gasteiger partial charge in [-0.05, 0) is 6.42 Å². The molecule has 1 aliphatic rings. The van der Waals surface area contributed by atoms with Gasteiger partial charge in [-0.3, -0.25) is 19.8 Å². The molecule has 0 aromatic heterocycles. The molecular weight excluding hydrogens is 322 g/mol. The van der Waals surface area contributed by atoms with Gasteiger partial charge in [-0.1, -0.05) is 6.92 Å². The number of esters is 3. The molecule has 1 saturated heterocycles. The van der Waals surface area contributed by atoms with E-state index in [4.69, 9.17) is 29.1 Å². The SMILES string of the molecule is CC[C@H]1O[C@H](OC(C)=N)[C@H](OC(C)=O)[C@@H](OC(C)=O)[C@@H]1OC(C)=O. The Morgan fingerprint density at radius 1 is 0.833 bits per heavy atom. The molecule has 0 aromatic carbocycles. The third-order valence-corrected chi connectivity index (χ3v) is 3.19. The Kier molecular flexibility index (Phi) is 7.15. The van der Waals surface area contributed by atoms with Gasteiger partial charge in [0.2, 0.25) is 12.4 Å². The van der Waals surface area contributed by atoms with E-state index in [0.717, 1.165) is 0 Å². The predicted molar refractivity (Wildman–Crippen MR) is 80.1 cm³/mol. The molecule has 5 atom stereocenters. The van der Waals surface area contributed by atoms with Gasteiger partial charge in [0, 0.05) is 27.7 Å². The van der Waals surface area contributed by atoms with Gasteiger partial charge in [0.25, 0.3) is 0 Å². The van der Waals surface area contributed by atoms with Crippen LogP contribution in [-0.2, 0) is 38.1 Å². The summed E-state index contributed by atoms with van der Waals surface area (Å²) in [5.74, 6) is -2.06. The first-order chi connectivity index (χ1) is 11.1. The number of ether oxygens (including phenoxy) is 5. The highest BCUT2D eigenvalue weighted by Crippen LogP contribution is 2.30. The maximum atomic E-state index is 11.5. The highest BCUT2D eigenvalue weighted by atomic mass is 16.7. The van der Waals surface area contributed by atoms with Crippen LogP contribution in [0.25, 0.3) is 0 Å². The fraction of sp³-hybridized carbons (Fsp3) is 0.733. The standard InChI is InChI=1S/C15H23NO8/c1-6-11-12(21-8(3)17)13(22-9(4)18)14(23-10(5)19)15(24-11)20-7(2)16/h11-16H,6H2,1-5H3/t11-,12-,13+,14-,15+/m1/s1. The third kappa shape index (κ3) is 5.48. The Balaban J connectivity index is 3.23. The van der Waals surface area contributed by atoms with Gasteiger partial charge in [-0.2, -0.15) is 0 Å². The summed E-state index contributed by atoms with van der Waals surface area (Å²) in [4.78, 5) is 34.3. The van der Waals surface area contributed by atoms with Crippen LogP contribution in [0.2, 0.25) is 0 Å². The van der Waals surface area contributed by atoms with E-state index in [2.05, 4.69) is 0 Å². The van der Waals surface area contributed by atoms with Gasteiger partial charge < -0.3 is 23.7 Å². The summed E-state index contributed by atoms with van der Waals surface area (Å²) >= 11 is 0. The smallest absolute Gasteiger partial charge is 0.303 e. The topological polar surface area (TPSA) is 121 Å². The van der Waals surface area contributed by atoms with Crippen molar-refractivity contribution < 1.29 is 38.1 Å². The van der Waals surface area contributed by atoms with E-state index in [9.17, 15) is 14.4 Å². The van der Waals surface area contributed by atoms with Gasteiger partial charge in [-0.15, -0.1) is 0 Å². The Hall–Kier alpha value is -2.16. The minimum atomic E-state index is -1.18. The lowest BCUT2D eigenvalue weighted by atomic mass is 9.96. The third-order valence-electron chi connectivity index (χ3n) is 3.19. The molecule has 9 heteroatoms. The molecule has 1 fully saturated rings. The second-order valence-corrected chi connectivity index (χ2v) is 5.35. The van der Waals surface area contributed by atoms with Gasteiger partial charge in [-0.25, -0.2) is 0 Å². The van der Waals surface area contributed by atoms with E-state index in [-0.39, 0.29) is 5.90 Å². The average molecular weight is 345 g/mol. The first-order valence-corrected chi connectivity index (χ1v) is 7.54. The first kappa shape index (κ1) is 19.9. The van der Waals surface area contributed by atoms with Crippen LogP contribution < -0.4 is 0 Å². The summed E-state index contributed by atoms with van der Waals surface area (Å²) in [5.41, 5.74) is 0. The molecule has 1 heterocycles. The van der Waals surface area contributed by atoms with Crippen molar-refractivity contribution >= 4 is 23.8 Å². The quantitative estimate of drug-likeness (QED) is 0.338. The van der Waals surface area contributed by atoms with Crippen LogP contribution in [0.4, 0.5) is 0 Å². The molecule has 1 rings (SSSR count). The van der Waals surface area contributed by atoms with Gasteiger partial charge >= 0.3 is 17.9 Å². The number of hydrogen-bond donors (Lipinski definition) is 1. The molecule has 0 radical (unpaired) electrons. The van der Waals surface area contributed by atoms with E-state index in [1.54, 1.807) is 6.92 Å². The van der Waals surface area contributed by atoms with E-state index in [1.165, 1.54) is 27.7 Å². The molecule has 0 unspecified atom stereocenters. The predicted octanol–water partition coefficient (Wildman–Crippen LogP) is 0.930. The maximum Gasteiger partial charge on any atom is 0.303 e. The molecule has 0 amide bonds. The molecule has 0 saturated carbocycles. The van der Waals surface area contributed by atoms with Crippen molar-refractivity contribution in [3.8, 4) is 0 Å². The van der Waals surface area contributed by atoms with Crippen molar-refractivity contribution in [2.75, 3.05) is 0 Å². The van der Waals surface area contributed by atoms with Gasteiger partial charge in [0.15, 0.2) is 18.1 Å². The zero-order valence-electron chi connectivity index (χ0n) is 14.4. The van der Waals surface area contributed by atoms with Crippen molar-refractivity contribution in [3.05, 3.63) is 0 Å². The van der Waals surface area contributed by atoms with Crippen molar-refractivity contribution in [2.45, 2.75) is 71.7 Å². The lowest BCUT2D eigenvalue weighted by Crippen LogP contribution is -2.61. The zero-order valence-corrected chi connectivity index (χ0v) is 14.4. The number of carbonyl (C=O) groups is 3. The number of hydrogen-bond acceptors (Lipinski definition) is 9.